The van der Waals surface area contributed by atoms with Crippen LogP contribution in [0, 0.1) is 5.92 Å². The molecule has 5 nitrogen and oxygen atoms in total. The number of thioether (sulfide) groups is 1. The molecule has 0 spiro atoms. The van der Waals surface area contributed by atoms with Gasteiger partial charge in [-0.05, 0) is 44.8 Å². The van der Waals surface area contributed by atoms with Crippen LogP contribution in [0.5, 0.6) is 0 Å². The quantitative estimate of drug-likeness (QED) is 0.933. The molecule has 1 aromatic rings. The van der Waals surface area contributed by atoms with E-state index in [1.807, 2.05) is 27.5 Å². The van der Waals surface area contributed by atoms with E-state index < -0.39 is 0 Å². The standard InChI is InChI=1S/C15H24N4OS/c1-11-5-7-21-8-6-18(11)15(20)17-14-9-16-19(10-14)12(2)13-3-4-13/h9-13H,3-8H2,1-2H3,(H,17,20). The first-order valence-corrected chi connectivity index (χ1v) is 9.00. The van der Waals surface area contributed by atoms with Crippen LogP contribution < -0.4 is 5.32 Å². The average Bonchev–Trinajstić information content (AvgIpc) is 3.24. The summed E-state index contributed by atoms with van der Waals surface area (Å²) in [5.74, 6) is 2.92. The second-order valence-electron chi connectivity index (χ2n) is 6.16. The molecule has 1 saturated heterocycles. The van der Waals surface area contributed by atoms with Gasteiger partial charge in [-0.15, -0.1) is 0 Å². The van der Waals surface area contributed by atoms with Crippen LogP contribution in [0.3, 0.4) is 0 Å². The third kappa shape index (κ3) is 3.54. The number of carbonyl (C=O) groups is 1. The Hall–Kier alpha value is -1.17. The van der Waals surface area contributed by atoms with E-state index in [4.69, 9.17) is 0 Å². The maximum absolute atomic E-state index is 12.4. The minimum atomic E-state index is 0.00336. The van der Waals surface area contributed by atoms with Crippen molar-refractivity contribution in [3.05, 3.63) is 12.4 Å². The molecule has 2 amide bonds. The van der Waals surface area contributed by atoms with E-state index in [2.05, 4.69) is 24.3 Å². The number of nitrogens with zero attached hydrogens (tertiary/aromatic N) is 3. The first-order chi connectivity index (χ1) is 10.1. The zero-order chi connectivity index (χ0) is 14.8. The highest BCUT2D eigenvalue weighted by Crippen LogP contribution is 2.39. The van der Waals surface area contributed by atoms with Gasteiger partial charge in [0.2, 0.25) is 0 Å². The van der Waals surface area contributed by atoms with E-state index >= 15 is 0 Å². The lowest BCUT2D eigenvalue weighted by molar-refractivity contribution is 0.197. The second kappa shape index (κ2) is 6.30. The van der Waals surface area contributed by atoms with Crippen molar-refractivity contribution < 1.29 is 4.79 Å². The summed E-state index contributed by atoms with van der Waals surface area (Å²) in [4.78, 5) is 14.4. The van der Waals surface area contributed by atoms with Gasteiger partial charge in [0, 0.05) is 24.5 Å². The highest BCUT2D eigenvalue weighted by atomic mass is 32.2. The van der Waals surface area contributed by atoms with Gasteiger partial charge in [-0.3, -0.25) is 4.68 Å². The van der Waals surface area contributed by atoms with E-state index in [1.165, 1.54) is 12.8 Å². The summed E-state index contributed by atoms with van der Waals surface area (Å²) >= 11 is 1.93. The molecule has 1 aliphatic heterocycles. The van der Waals surface area contributed by atoms with Gasteiger partial charge in [0.25, 0.3) is 0 Å². The summed E-state index contributed by atoms with van der Waals surface area (Å²) in [5.41, 5.74) is 0.802. The first-order valence-electron chi connectivity index (χ1n) is 7.84. The monoisotopic (exact) mass is 308 g/mol. The van der Waals surface area contributed by atoms with Crippen LogP contribution in [0.4, 0.5) is 10.5 Å². The Morgan fingerprint density at radius 2 is 2.24 bits per heavy atom. The Kier molecular flexibility index (Phi) is 4.42. The molecule has 0 aromatic carbocycles. The Labute approximate surface area is 130 Å². The number of hydrogen-bond donors (Lipinski definition) is 1. The van der Waals surface area contributed by atoms with Gasteiger partial charge >= 0.3 is 6.03 Å². The van der Waals surface area contributed by atoms with Crippen molar-refractivity contribution in [2.24, 2.45) is 5.92 Å². The SMILES string of the molecule is CC1CCSCCN1C(=O)Nc1cnn(C(C)C2CC2)c1. The summed E-state index contributed by atoms with van der Waals surface area (Å²) < 4.78 is 1.98. The number of amides is 2. The van der Waals surface area contributed by atoms with E-state index in [9.17, 15) is 4.79 Å². The van der Waals surface area contributed by atoms with E-state index in [1.54, 1.807) is 6.20 Å². The first kappa shape index (κ1) is 14.8. The Morgan fingerprint density at radius 3 is 3.00 bits per heavy atom. The maximum Gasteiger partial charge on any atom is 0.322 e. The van der Waals surface area contributed by atoms with Crippen LogP contribution >= 0.6 is 11.8 Å². The lowest BCUT2D eigenvalue weighted by atomic mass is 10.2. The number of carbonyl (C=O) groups excluding carboxylic acids is 1. The van der Waals surface area contributed by atoms with E-state index in [-0.39, 0.29) is 6.03 Å². The highest BCUT2D eigenvalue weighted by molar-refractivity contribution is 7.99. The molecular formula is C15H24N4OS. The number of anilines is 1. The molecule has 21 heavy (non-hydrogen) atoms. The Balaban J connectivity index is 1.61. The van der Waals surface area contributed by atoms with Gasteiger partial charge in [-0.25, -0.2) is 4.79 Å². The van der Waals surface area contributed by atoms with Crippen molar-refractivity contribution in [2.45, 2.75) is 45.2 Å². The molecule has 2 unspecified atom stereocenters. The maximum atomic E-state index is 12.4. The van der Waals surface area contributed by atoms with Crippen LogP contribution in [0.25, 0.3) is 0 Å². The third-order valence-corrected chi connectivity index (χ3v) is 5.52. The van der Waals surface area contributed by atoms with Gasteiger partial charge in [0.1, 0.15) is 0 Å². The fourth-order valence-electron chi connectivity index (χ4n) is 2.81. The minimum Gasteiger partial charge on any atom is -0.321 e. The molecule has 1 aliphatic carbocycles. The van der Waals surface area contributed by atoms with Crippen LogP contribution in [0.1, 0.15) is 39.2 Å². The number of rotatable bonds is 3. The molecule has 1 N–H and O–H groups in total. The molecule has 2 fully saturated rings. The Bertz CT molecular complexity index is 500. The van der Waals surface area contributed by atoms with Crippen LogP contribution in [0.15, 0.2) is 12.4 Å². The predicted octanol–water partition coefficient (Wildman–Crippen LogP) is 3.21. The molecule has 2 aliphatic rings. The topological polar surface area (TPSA) is 50.2 Å². The molecule has 116 valence electrons. The van der Waals surface area contributed by atoms with Crippen LogP contribution in [-0.4, -0.2) is 44.8 Å². The number of hydrogen-bond acceptors (Lipinski definition) is 3. The van der Waals surface area contributed by atoms with E-state index in [0.29, 0.717) is 12.1 Å². The number of nitrogens with one attached hydrogen (secondary N) is 1. The number of urea groups is 1. The van der Waals surface area contributed by atoms with Crippen LogP contribution in [-0.2, 0) is 0 Å². The lowest BCUT2D eigenvalue weighted by Crippen LogP contribution is -2.41. The van der Waals surface area contributed by atoms with Gasteiger partial charge in [0.15, 0.2) is 0 Å². The fourth-order valence-corrected chi connectivity index (χ4v) is 3.85. The van der Waals surface area contributed by atoms with E-state index in [0.717, 1.165) is 36.1 Å². The molecule has 3 rings (SSSR count). The van der Waals surface area contributed by atoms with Crippen molar-refractivity contribution in [3.8, 4) is 0 Å². The fraction of sp³-hybridized carbons (Fsp3) is 0.733. The second-order valence-corrected chi connectivity index (χ2v) is 7.39. The van der Waals surface area contributed by atoms with Gasteiger partial charge in [-0.1, -0.05) is 0 Å². The molecular weight excluding hydrogens is 284 g/mol. The molecule has 1 aromatic heterocycles. The molecule has 0 radical (unpaired) electrons. The summed E-state index contributed by atoms with van der Waals surface area (Å²) in [6, 6.07) is 0.744. The van der Waals surface area contributed by atoms with Crippen molar-refractivity contribution in [1.82, 2.24) is 14.7 Å². The zero-order valence-corrected chi connectivity index (χ0v) is 13.6. The third-order valence-electron chi connectivity index (χ3n) is 4.52. The summed E-state index contributed by atoms with van der Waals surface area (Å²) in [6.45, 7) is 5.15. The summed E-state index contributed by atoms with van der Waals surface area (Å²) in [7, 11) is 0. The molecule has 2 atom stereocenters. The Morgan fingerprint density at radius 1 is 1.43 bits per heavy atom. The molecule has 6 heteroatoms. The smallest absolute Gasteiger partial charge is 0.321 e. The summed E-state index contributed by atoms with van der Waals surface area (Å²) in [5, 5.41) is 7.39. The largest absolute Gasteiger partial charge is 0.322 e. The molecule has 2 heterocycles. The normalized spacial score (nSPS) is 24.5. The minimum absolute atomic E-state index is 0.00336. The highest BCUT2D eigenvalue weighted by Gasteiger charge is 2.30. The molecule has 1 saturated carbocycles. The van der Waals surface area contributed by atoms with Crippen molar-refractivity contribution in [2.75, 3.05) is 23.4 Å². The van der Waals surface area contributed by atoms with Crippen molar-refractivity contribution in [1.29, 1.82) is 0 Å². The molecule has 0 bridgehead atoms. The van der Waals surface area contributed by atoms with Gasteiger partial charge in [-0.2, -0.15) is 16.9 Å². The average molecular weight is 308 g/mol. The predicted molar refractivity (Wildman–Crippen MR) is 86.8 cm³/mol. The zero-order valence-electron chi connectivity index (χ0n) is 12.8. The van der Waals surface area contributed by atoms with Crippen molar-refractivity contribution in [3.63, 3.8) is 0 Å². The van der Waals surface area contributed by atoms with Crippen LogP contribution in [0.2, 0.25) is 0 Å². The number of aromatic nitrogens is 2. The van der Waals surface area contributed by atoms with Gasteiger partial charge in [0.05, 0.1) is 17.9 Å². The van der Waals surface area contributed by atoms with Crippen molar-refractivity contribution >= 4 is 23.5 Å². The van der Waals surface area contributed by atoms with Gasteiger partial charge < -0.3 is 10.2 Å². The summed E-state index contributed by atoms with van der Waals surface area (Å²) in [6.07, 6.45) is 7.37. The lowest BCUT2D eigenvalue weighted by Gasteiger charge is -2.26.